The molecule has 6 rings (SSSR count). The van der Waals surface area contributed by atoms with E-state index >= 15 is 4.39 Å². The Morgan fingerprint density at radius 2 is 1.68 bits per heavy atom. The number of amides is 1. The summed E-state index contributed by atoms with van der Waals surface area (Å²) in [5, 5.41) is 16.0. The van der Waals surface area contributed by atoms with Gasteiger partial charge in [-0.2, -0.15) is 0 Å². The van der Waals surface area contributed by atoms with Gasteiger partial charge in [-0.05, 0) is 31.0 Å². The van der Waals surface area contributed by atoms with Crippen LogP contribution in [-0.2, 0) is 4.79 Å². The van der Waals surface area contributed by atoms with Gasteiger partial charge in [0.1, 0.15) is 16.5 Å². The lowest BCUT2D eigenvalue weighted by Crippen LogP contribution is -2.50. The zero-order valence-corrected chi connectivity index (χ0v) is 27.4. The van der Waals surface area contributed by atoms with Gasteiger partial charge in [0.15, 0.2) is 5.13 Å². The number of carbonyl (C=O) groups excluding carboxylic acids is 1. The van der Waals surface area contributed by atoms with Crippen molar-refractivity contribution in [3.05, 3.63) is 45.0 Å². The number of piperazine rings is 2. The van der Waals surface area contributed by atoms with Gasteiger partial charge in [0.25, 0.3) is 5.91 Å². The first-order chi connectivity index (χ1) is 21.2. The van der Waals surface area contributed by atoms with Gasteiger partial charge in [-0.25, -0.2) is 9.37 Å². The van der Waals surface area contributed by atoms with Crippen LogP contribution in [0.25, 0.3) is 10.6 Å². The molecule has 1 aromatic carbocycles. The molecule has 1 amide bonds. The van der Waals surface area contributed by atoms with E-state index in [2.05, 4.69) is 15.1 Å². The molecule has 3 aromatic rings. The van der Waals surface area contributed by atoms with E-state index in [1.807, 2.05) is 11.4 Å². The predicted molar refractivity (Wildman–Crippen MR) is 177 cm³/mol. The van der Waals surface area contributed by atoms with E-state index in [1.54, 1.807) is 9.80 Å². The number of nitrogens with zero attached hydrogens (tertiary/aromatic N) is 5. The van der Waals surface area contributed by atoms with Crippen LogP contribution in [0.5, 0.6) is 0 Å². The maximum Gasteiger partial charge on any atom is 0.317 e. The molecule has 1 aliphatic carbocycles. The number of carboxylic acid groups (broad SMARTS) is 1. The van der Waals surface area contributed by atoms with Gasteiger partial charge in [0, 0.05) is 69.3 Å². The number of rotatable bonds is 8. The summed E-state index contributed by atoms with van der Waals surface area (Å²) in [7, 11) is 0. The zero-order chi connectivity index (χ0) is 30.8. The molecule has 2 aromatic heterocycles. The Kier molecular flexibility index (Phi) is 9.94. The lowest BCUT2D eigenvalue weighted by atomic mass is 9.94. The highest BCUT2D eigenvalue weighted by Gasteiger charge is 2.29. The van der Waals surface area contributed by atoms with Gasteiger partial charge in [0.2, 0.25) is 0 Å². The second-order valence-electron chi connectivity index (χ2n) is 11.5. The van der Waals surface area contributed by atoms with Crippen LogP contribution in [0, 0.1) is 5.82 Å². The number of thiophene rings is 1. The first kappa shape index (κ1) is 31.5. The molecule has 2 aliphatic heterocycles. The summed E-state index contributed by atoms with van der Waals surface area (Å²) in [6, 6.07) is 5.24. The number of carbonyl (C=O) groups is 2. The summed E-state index contributed by atoms with van der Waals surface area (Å²) in [5.41, 5.74) is 1.10. The minimum Gasteiger partial charge on any atom is -0.480 e. The van der Waals surface area contributed by atoms with Gasteiger partial charge in [0.05, 0.1) is 27.2 Å². The van der Waals surface area contributed by atoms with Crippen molar-refractivity contribution >= 4 is 73.6 Å². The number of halogens is 3. The number of aliphatic carboxylic acids is 1. The second-order valence-corrected chi connectivity index (χ2v) is 14.2. The Hall–Kier alpha value is -2.48. The summed E-state index contributed by atoms with van der Waals surface area (Å²) in [5.74, 6) is -1.99. The molecule has 3 fully saturated rings. The number of hydrogen-bond donors (Lipinski definition) is 2. The molecule has 1 saturated carbocycles. The molecule has 3 aliphatic rings. The van der Waals surface area contributed by atoms with Crippen LogP contribution in [0.1, 0.15) is 42.5 Å². The van der Waals surface area contributed by atoms with E-state index in [0.717, 1.165) is 41.8 Å². The molecule has 2 saturated heterocycles. The van der Waals surface area contributed by atoms with Crippen molar-refractivity contribution in [3.63, 3.8) is 0 Å². The molecule has 0 radical (unpaired) electrons. The Labute approximate surface area is 274 Å². The third kappa shape index (κ3) is 7.16. The Bertz CT molecular complexity index is 1470. The molecule has 14 heteroatoms. The molecular weight excluding hydrogens is 646 g/mol. The largest absolute Gasteiger partial charge is 0.480 e. The fraction of sp³-hybridized carbons (Fsp3) is 0.500. The van der Waals surface area contributed by atoms with Crippen LogP contribution < -0.4 is 15.1 Å². The highest BCUT2D eigenvalue weighted by Crippen LogP contribution is 2.42. The summed E-state index contributed by atoms with van der Waals surface area (Å²) in [6.07, 6.45) is 6.54. The predicted octanol–water partition coefficient (Wildman–Crippen LogP) is 6.23. The number of thiazole rings is 1. The number of benzene rings is 1. The minimum absolute atomic E-state index is 0.0560. The molecule has 0 bridgehead atoms. The topological polar surface area (TPSA) is 92.2 Å². The lowest BCUT2D eigenvalue weighted by molar-refractivity contribution is -0.138. The normalized spacial score (nSPS) is 19.0. The standard InChI is InChI=1S/C30H35Cl2FN6O3S2/c31-20-16-24(43-18-20)26-29(39-12-10-37(11-13-39)21-4-2-1-3-5-21)44-30(34-26)35-28(42)19-14-22(32)27(23(33)15-19)38-8-6-36(7-9-38)17-25(40)41/h14-16,18,21H,1-13,17H2,(H,40,41)(H,34,35,42). The van der Waals surface area contributed by atoms with Crippen LogP contribution in [0.2, 0.25) is 10.0 Å². The molecule has 0 atom stereocenters. The van der Waals surface area contributed by atoms with Crippen molar-refractivity contribution in [3.8, 4) is 10.6 Å². The van der Waals surface area contributed by atoms with Gasteiger partial charge >= 0.3 is 5.97 Å². The minimum atomic E-state index is -0.895. The molecule has 2 N–H and O–H groups in total. The molecule has 236 valence electrons. The average Bonchev–Trinajstić information content (AvgIpc) is 3.64. The quantitative estimate of drug-likeness (QED) is 0.289. The van der Waals surface area contributed by atoms with Gasteiger partial charge in [-0.3, -0.25) is 24.7 Å². The van der Waals surface area contributed by atoms with E-state index in [1.165, 1.54) is 66.9 Å². The van der Waals surface area contributed by atoms with Crippen LogP contribution in [0.4, 0.5) is 20.2 Å². The number of hydrogen-bond acceptors (Lipinski definition) is 9. The van der Waals surface area contributed by atoms with Crippen molar-refractivity contribution in [1.29, 1.82) is 0 Å². The third-order valence-corrected chi connectivity index (χ3v) is 11.3. The third-order valence-electron chi connectivity index (χ3n) is 8.65. The van der Waals surface area contributed by atoms with Gasteiger partial charge in [-0.1, -0.05) is 53.8 Å². The van der Waals surface area contributed by atoms with Crippen molar-refractivity contribution in [1.82, 2.24) is 14.8 Å². The number of carboxylic acids is 1. The first-order valence-corrected chi connectivity index (χ1v) is 17.4. The molecule has 0 spiro atoms. The smallest absolute Gasteiger partial charge is 0.317 e. The fourth-order valence-corrected chi connectivity index (χ4v) is 8.89. The molecule has 4 heterocycles. The van der Waals surface area contributed by atoms with E-state index in [0.29, 0.717) is 42.4 Å². The van der Waals surface area contributed by atoms with Crippen molar-refractivity contribution in [2.75, 3.05) is 74.0 Å². The number of aromatic nitrogens is 1. The SMILES string of the molecule is O=C(O)CN1CCN(c2c(F)cc(C(=O)Nc3nc(-c4cc(Cl)cs4)c(N4CCN(C5CCCCC5)CC4)s3)cc2Cl)CC1. The number of nitrogens with one attached hydrogen (secondary N) is 1. The zero-order valence-electron chi connectivity index (χ0n) is 24.2. The molecule has 9 nitrogen and oxygen atoms in total. The van der Waals surface area contributed by atoms with Crippen molar-refractivity contribution in [2.24, 2.45) is 0 Å². The average molecular weight is 682 g/mol. The summed E-state index contributed by atoms with van der Waals surface area (Å²) in [6.45, 7) is 5.51. The highest BCUT2D eigenvalue weighted by atomic mass is 35.5. The van der Waals surface area contributed by atoms with Gasteiger partial charge < -0.3 is 14.9 Å². The molecule has 0 unspecified atom stereocenters. The Morgan fingerprint density at radius 3 is 2.32 bits per heavy atom. The second kappa shape index (κ2) is 13.9. The molecule has 44 heavy (non-hydrogen) atoms. The van der Waals surface area contributed by atoms with Crippen molar-refractivity contribution in [2.45, 2.75) is 38.1 Å². The fourth-order valence-electron chi connectivity index (χ4n) is 6.40. The maximum atomic E-state index is 15.4. The number of anilines is 3. The van der Waals surface area contributed by atoms with Crippen LogP contribution >= 0.6 is 45.9 Å². The van der Waals surface area contributed by atoms with E-state index in [4.69, 9.17) is 33.3 Å². The van der Waals surface area contributed by atoms with Crippen molar-refractivity contribution < 1.29 is 19.1 Å². The van der Waals surface area contributed by atoms with Crippen LogP contribution in [-0.4, -0.2) is 96.7 Å². The Morgan fingerprint density at radius 1 is 0.977 bits per heavy atom. The molecular formula is C30H35Cl2FN6O3S2. The Balaban J connectivity index is 1.16. The van der Waals surface area contributed by atoms with Gasteiger partial charge in [-0.15, -0.1) is 11.3 Å². The summed E-state index contributed by atoms with van der Waals surface area (Å²) >= 11 is 15.7. The van der Waals surface area contributed by atoms with E-state index in [-0.39, 0.29) is 22.8 Å². The lowest BCUT2D eigenvalue weighted by Gasteiger charge is -2.41. The highest BCUT2D eigenvalue weighted by molar-refractivity contribution is 7.21. The first-order valence-electron chi connectivity index (χ1n) is 15.0. The maximum absolute atomic E-state index is 15.4. The van der Waals surface area contributed by atoms with Crippen LogP contribution in [0.15, 0.2) is 23.6 Å². The summed E-state index contributed by atoms with van der Waals surface area (Å²) < 4.78 is 15.4. The van der Waals surface area contributed by atoms with E-state index < -0.39 is 17.7 Å². The summed E-state index contributed by atoms with van der Waals surface area (Å²) in [4.78, 5) is 38.6. The van der Waals surface area contributed by atoms with E-state index in [9.17, 15) is 9.59 Å². The van der Waals surface area contributed by atoms with Crippen LogP contribution in [0.3, 0.4) is 0 Å². The monoisotopic (exact) mass is 680 g/mol.